The normalized spacial score (nSPS) is 21.1. The van der Waals surface area contributed by atoms with Gasteiger partial charge in [0.25, 0.3) is 17.7 Å². The van der Waals surface area contributed by atoms with Crippen LogP contribution in [0.1, 0.15) is 86.2 Å². The summed E-state index contributed by atoms with van der Waals surface area (Å²) in [4.78, 5) is 35.2. The molecule has 0 bridgehead atoms. The van der Waals surface area contributed by atoms with Crippen LogP contribution in [0.2, 0.25) is 0 Å². The van der Waals surface area contributed by atoms with E-state index in [1.54, 1.807) is 0 Å². The van der Waals surface area contributed by atoms with Gasteiger partial charge < -0.3 is 20.6 Å². The van der Waals surface area contributed by atoms with Crippen molar-refractivity contribution in [2.75, 3.05) is 11.9 Å². The summed E-state index contributed by atoms with van der Waals surface area (Å²) in [5, 5.41) is 15.4. The first-order chi connectivity index (χ1) is 18.3. The van der Waals surface area contributed by atoms with Gasteiger partial charge in [0, 0.05) is 29.8 Å². The summed E-state index contributed by atoms with van der Waals surface area (Å²) >= 11 is 0.526. The van der Waals surface area contributed by atoms with Gasteiger partial charge in [-0.1, -0.05) is 0 Å². The van der Waals surface area contributed by atoms with Gasteiger partial charge in [0.15, 0.2) is 5.01 Å². The average molecular weight is 590 g/mol. The molecule has 2 aromatic heterocycles. The van der Waals surface area contributed by atoms with Gasteiger partial charge in [-0.3, -0.25) is 9.59 Å². The number of alkyl halides is 5. The van der Waals surface area contributed by atoms with E-state index in [9.17, 15) is 36.6 Å². The molecule has 220 valence electrons. The Morgan fingerprint density at radius 1 is 1.25 bits per heavy atom. The van der Waals surface area contributed by atoms with Crippen LogP contribution in [0.5, 0.6) is 0 Å². The Bertz CT molecular complexity index is 1300. The Labute approximate surface area is 232 Å². The van der Waals surface area contributed by atoms with E-state index in [1.165, 1.54) is 27.7 Å². The molecule has 1 aliphatic carbocycles. The standard InChI is InChI=1S/C26H32F5N5O3S/c1-13-10-25(27,28)12-36(13)22(38)18-19(40-21(34-18)20(37)33-14(2)23(3,4)39)15-11-32-17(9-16(15)26(29,30)31)35-24(5)7-6-8-24/h9,11,13-14,39H,6-8,10,12H2,1-5H3,(H,32,35)(H,33,37)/t13-,14+/m0/s1. The number of hydrogen-bond acceptors (Lipinski definition) is 7. The maximum absolute atomic E-state index is 14.3. The van der Waals surface area contributed by atoms with Crippen LogP contribution in [0.4, 0.5) is 27.8 Å². The van der Waals surface area contributed by atoms with E-state index >= 15 is 0 Å². The van der Waals surface area contributed by atoms with Gasteiger partial charge in [0.1, 0.15) is 11.5 Å². The van der Waals surface area contributed by atoms with E-state index in [0.717, 1.165) is 36.4 Å². The number of pyridine rings is 1. The lowest BCUT2D eigenvalue weighted by Gasteiger charge is -2.39. The molecule has 0 unspecified atom stereocenters. The molecular weight excluding hydrogens is 557 g/mol. The van der Waals surface area contributed by atoms with E-state index in [0.29, 0.717) is 11.3 Å². The highest BCUT2D eigenvalue weighted by atomic mass is 32.1. The number of carbonyl (C=O) groups excluding carboxylic acids is 2. The van der Waals surface area contributed by atoms with Crippen LogP contribution in [-0.4, -0.2) is 67.5 Å². The highest BCUT2D eigenvalue weighted by Gasteiger charge is 2.47. The van der Waals surface area contributed by atoms with Gasteiger partial charge in [0.2, 0.25) is 0 Å². The molecule has 2 aromatic rings. The first-order valence-corrected chi connectivity index (χ1v) is 13.7. The van der Waals surface area contributed by atoms with Crippen LogP contribution >= 0.6 is 11.3 Å². The zero-order valence-corrected chi connectivity index (χ0v) is 23.6. The van der Waals surface area contributed by atoms with Crippen molar-refractivity contribution in [2.45, 2.75) is 95.6 Å². The molecule has 2 amide bonds. The molecular formula is C26H32F5N5O3S. The topological polar surface area (TPSA) is 107 Å². The molecule has 8 nitrogen and oxygen atoms in total. The highest BCUT2D eigenvalue weighted by Crippen LogP contribution is 2.43. The van der Waals surface area contributed by atoms with Crippen molar-refractivity contribution in [3.63, 3.8) is 0 Å². The van der Waals surface area contributed by atoms with Crippen LogP contribution < -0.4 is 10.6 Å². The SMILES string of the molecule is C[C@H]1CC(F)(F)CN1C(=O)c1nc(C(=O)N[C@H](C)C(C)(C)O)sc1-c1cnc(NC2(C)CCC2)cc1C(F)(F)F. The maximum atomic E-state index is 14.3. The van der Waals surface area contributed by atoms with Crippen molar-refractivity contribution < 1.29 is 36.6 Å². The van der Waals surface area contributed by atoms with Crippen molar-refractivity contribution >= 4 is 29.0 Å². The van der Waals surface area contributed by atoms with Crippen molar-refractivity contribution in [2.24, 2.45) is 0 Å². The fourth-order valence-corrected chi connectivity index (χ4v) is 5.66. The third-order valence-corrected chi connectivity index (χ3v) is 8.65. The lowest BCUT2D eigenvalue weighted by atomic mass is 9.78. The van der Waals surface area contributed by atoms with Gasteiger partial charge in [-0.05, 0) is 59.9 Å². The second kappa shape index (κ2) is 10.2. The number of amides is 2. The number of halogens is 5. The summed E-state index contributed by atoms with van der Waals surface area (Å²) in [6, 6.07) is -0.843. The third kappa shape index (κ3) is 6.22. The molecule has 2 aliphatic rings. The minimum Gasteiger partial charge on any atom is -0.388 e. The summed E-state index contributed by atoms with van der Waals surface area (Å²) in [6.07, 6.45) is -2.04. The van der Waals surface area contributed by atoms with E-state index in [4.69, 9.17) is 0 Å². The van der Waals surface area contributed by atoms with Gasteiger partial charge in [-0.25, -0.2) is 18.7 Å². The van der Waals surface area contributed by atoms with Gasteiger partial charge >= 0.3 is 6.18 Å². The third-order valence-electron chi connectivity index (χ3n) is 7.56. The molecule has 2 atom stereocenters. The number of anilines is 1. The van der Waals surface area contributed by atoms with Crippen LogP contribution in [0, 0.1) is 0 Å². The fraction of sp³-hybridized carbons (Fsp3) is 0.615. The van der Waals surface area contributed by atoms with E-state index in [1.807, 2.05) is 6.92 Å². The molecule has 40 heavy (non-hydrogen) atoms. The highest BCUT2D eigenvalue weighted by molar-refractivity contribution is 7.17. The van der Waals surface area contributed by atoms with E-state index < -0.39 is 71.4 Å². The first-order valence-electron chi connectivity index (χ1n) is 12.9. The monoisotopic (exact) mass is 589 g/mol. The lowest BCUT2D eigenvalue weighted by Crippen LogP contribution is -2.47. The molecule has 1 saturated carbocycles. The summed E-state index contributed by atoms with van der Waals surface area (Å²) in [7, 11) is 0. The number of aliphatic hydroxyl groups is 1. The molecule has 1 aliphatic heterocycles. The number of hydrogen-bond donors (Lipinski definition) is 3. The maximum Gasteiger partial charge on any atom is 0.417 e. The van der Waals surface area contributed by atoms with Gasteiger partial charge in [0.05, 0.1) is 28.6 Å². The Morgan fingerprint density at radius 2 is 1.90 bits per heavy atom. The first kappa shape index (κ1) is 30.1. The fourth-order valence-electron chi connectivity index (χ4n) is 4.68. The smallest absolute Gasteiger partial charge is 0.388 e. The second-order valence-electron chi connectivity index (χ2n) is 11.5. The van der Waals surface area contributed by atoms with Crippen molar-refractivity contribution in [1.29, 1.82) is 0 Å². The predicted molar refractivity (Wildman–Crippen MR) is 140 cm³/mol. The summed E-state index contributed by atoms with van der Waals surface area (Å²) in [5.74, 6) is -5.02. The van der Waals surface area contributed by atoms with Crippen LogP contribution in [-0.2, 0) is 6.18 Å². The molecule has 0 aromatic carbocycles. The number of aromatic nitrogens is 2. The number of likely N-dealkylation sites (tertiary alicyclic amines) is 1. The molecule has 3 N–H and O–H groups in total. The lowest BCUT2D eigenvalue weighted by molar-refractivity contribution is -0.137. The minimum absolute atomic E-state index is 0.000410. The Hall–Kier alpha value is -2.87. The molecule has 4 rings (SSSR count). The van der Waals surface area contributed by atoms with Gasteiger partial charge in [-0.2, -0.15) is 13.2 Å². The number of nitrogens with zero attached hydrogens (tertiary/aromatic N) is 3. The molecule has 3 heterocycles. The zero-order valence-electron chi connectivity index (χ0n) is 22.7. The summed E-state index contributed by atoms with van der Waals surface area (Å²) in [5.41, 5.74) is -3.87. The number of thiazole rings is 1. The van der Waals surface area contributed by atoms with Crippen LogP contribution in [0.25, 0.3) is 10.4 Å². The van der Waals surface area contributed by atoms with Crippen molar-refractivity contribution in [1.82, 2.24) is 20.2 Å². The van der Waals surface area contributed by atoms with Crippen molar-refractivity contribution in [3.8, 4) is 10.4 Å². The summed E-state index contributed by atoms with van der Waals surface area (Å²) in [6.45, 7) is 6.80. The molecule has 2 fully saturated rings. The molecule has 0 radical (unpaired) electrons. The van der Waals surface area contributed by atoms with Crippen molar-refractivity contribution in [3.05, 3.63) is 28.5 Å². The zero-order chi connectivity index (χ0) is 29.8. The Kier molecular flexibility index (Phi) is 7.67. The number of rotatable bonds is 7. The van der Waals surface area contributed by atoms with Crippen LogP contribution in [0.3, 0.4) is 0 Å². The quantitative estimate of drug-likeness (QED) is 0.377. The van der Waals surface area contributed by atoms with Crippen LogP contribution in [0.15, 0.2) is 12.3 Å². The van der Waals surface area contributed by atoms with Gasteiger partial charge in [-0.15, -0.1) is 11.3 Å². The summed E-state index contributed by atoms with van der Waals surface area (Å²) < 4.78 is 71.2. The minimum atomic E-state index is -4.87. The number of carbonyl (C=O) groups is 2. The second-order valence-corrected chi connectivity index (χ2v) is 12.5. The largest absolute Gasteiger partial charge is 0.417 e. The van der Waals surface area contributed by atoms with E-state index in [-0.39, 0.29) is 21.2 Å². The average Bonchev–Trinajstić information content (AvgIpc) is 3.36. The van der Waals surface area contributed by atoms with E-state index in [2.05, 4.69) is 20.6 Å². The Morgan fingerprint density at radius 3 is 2.40 bits per heavy atom. The molecule has 0 spiro atoms. The predicted octanol–water partition coefficient (Wildman–Crippen LogP) is 5.34. The molecule has 14 heteroatoms. The number of nitrogens with one attached hydrogen (secondary N) is 2. The Balaban J connectivity index is 1.81. The molecule has 1 saturated heterocycles.